The van der Waals surface area contributed by atoms with Gasteiger partial charge in [-0.05, 0) is 38.8 Å². The Morgan fingerprint density at radius 2 is 1.03 bits per heavy atom. The van der Waals surface area contributed by atoms with Crippen molar-refractivity contribution in [2.45, 2.75) is 40.5 Å². The Balaban J connectivity index is 2.03. The maximum Gasteiger partial charge on any atom is 0.341 e. The molecule has 0 saturated carbocycles. The Bertz CT molecular complexity index is 925. The molecule has 0 aliphatic heterocycles. The maximum absolute atomic E-state index is 12.3. The number of thiophene rings is 2. The Kier molecular flexibility index (Phi) is 7.74. The fourth-order valence-electron chi connectivity index (χ4n) is 2.73. The standard InChI is InChI=1S/C20H24N2O6S2/c1-9-11(3)29-17(15(9)19(25)27-5)21-13(23)7-8-14(24)22-18-16(20(26)28-6)10(2)12(4)30-18/h7-8H2,1-6H3,(H,21,23)(H,22,24). The van der Waals surface area contributed by atoms with Crippen LogP contribution >= 0.6 is 22.7 Å². The number of carbonyl (C=O) groups is 4. The number of esters is 2. The summed E-state index contributed by atoms with van der Waals surface area (Å²) in [6, 6.07) is 0. The van der Waals surface area contributed by atoms with Crippen molar-refractivity contribution in [3.8, 4) is 0 Å². The molecule has 2 N–H and O–H groups in total. The van der Waals surface area contributed by atoms with Gasteiger partial charge in [0.15, 0.2) is 0 Å². The second-order valence-corrected chi connectivity index (χ2v) is 9.00. The van der Waals surface area contributed by atoms with Crippen LogP contribution < -0.4 is 10.6 Å². The molecule has 10 heteroatoms. The van der Waals surface area contributed by atoms with E-state index in [9.17, 15) is 19.2 Å². The van der Waals surface area contributed by atoms with Gasteiger partial charge in [-0.25, -0.2) is 9.59 Å². The molecule has 0 fully saturated rings. The van der Waals surface area contributed by atoms with Gasteiger partial charge >= 0.3 is 11.9 Å². The number of amides is 2. The molecular weight excluding hydrogens is 428 g/mol. The molecular formula is C20H24N2O6S2. The van der Waals surface area contributed by atoms with Crippen LogP contribution in [-0.4, -0.2) is 38.0 Å². The van der Waals surface area contributed by atoms with E-state index in [1.807, 2.05) is 13.8 Å². The van der Waals surface area contributed by atoms with Gasteiger partial charge in [-0.1, -0.05) is 0 Å². The van der Waals surface area contributed by atoms with E-state index < -0.39 is 23.8 Å². The van der Waals surface area contributed by atoms with Crippen molar-refractivity contribution in [2.24, 2.45) is 0 Å². The largest absolute Gasteiger partial charge is 0.465 e. The van der Waals surface area contributed by atoms with Gasteiger partial charge in [-0.3, -0.25) is 9.59 Å². The van der Waals surface area contributed by atoms with E-state index in [1.165, 1.54) is 36.9 Å². The number of hydrogen-bond acceptors (Lipinski definition) is 8. The summed E-state index contributed by atoms with van der Waals surface area (Å²) in [6.45, 7) is 7.26. The van der Waals surface area contributed by atoms with Crippen molar-refractivity contribution in [2.75, 3.05) is 24.9 Å². The van der Waals surface area contributed by atoms with Crippen LogP contribution in [0.3, 0.4) is 0 Å². The van der Waals surface area contributed by atoms with E-state index >= 15 is 0 Å². The molecule has 0 aliphatic carbocycles. The average Bonchev–Trinajstić information content (AvgIpc) is 3.13. The number of carbonyl (C=O) groups excluding carboxylic acids is 4. The third kappa shape index (κ3) is 5.06. The summed E-state index contributed by atoms with van der Waals surface area (Å²) in [5.41, 5.74) is 2.15. The Morgan fingerprint density at radius 1 is 0.700 bits per heavy atom. The van der Waals surface area contributed by atoms with Crippen molar-refractivity contribution in [3.63, 3.8) is 0 Å². The molecule has 0 bridgehead atoms. The van der Waals surface area contributed by atoms with Crippen molar-refractivity contribution < 1.29 is 28.7 Å². The monoisotopic (exact) mass is 452 g/mol. The third-order valence-electron chi connectivity index (χ3n) is 4.63. The lowest BCUT2D eigenvalue weighted by atomic mass is 10.1. The highest BCUT2D eigenvalue weighted by molar-refractivity contribution is 7.17. The molecule has 0 aromatic carbocycles. The van der Waals surface area contributed by atoms with Gasteiger partial charge in [0.05, 0.1) is 25.3 Å². The fourth-order valence-corrected chi connectivity index (χ4v) is 4.86. The zero-order valence-electron chi connectivity index (χ0n) is 17.7. The van der Waals surface area contributed by atoms with Crippen LogP contribution in [0.25, 0.3) is 0 Å². The van der Waals surface area contributed by atoms with E-state index in [1.54, 1.807) is 13.8 Å². The van der Waals surface area contributed by atoms with E-state index in [2.05, 4.69) is 10.6 Å². The van der Waals surface area contributed by atoms with Crippen LogP contribution in [0.2, 0.25) is 0 Å². The van der Waals surface area contributed by atoms with Crippen molar-refractivity contribution >= 4 is 56.4 Å². The second-order valence-electron chi connectivity index (χ2n) is 6.55. The molecule has 0 spiro atoms. The second kappa shape index (κ2) is 9.86. The first kappa shape index (κ1) is 23.6. The van der Waals surface area contributed by atoms with Gasteiger partial charge in [0.2, 0.25) is 11.8 Å². The molecule has 0 unspecified atom stereocenters. The van der Waals surface area contributed by atoms with Crippen LogP contribution in [0.5, 0.6) is 0 Å². The lowest BCUT2D eigenvalue weighted by molar-refractivity contribution is -0.121. The van der Waals surface area contributed by atoms with Gasteiger partial charge < -0.3 is 20.1 Å². The minimum atomic E-state index is -0.524. The van der Waals surface area contributed by atoms with Crippen molar-refractivity contribution in [1.82, 2.24) is 0 Å². The molecule has 2 aromatic heterocycles. The van der Waals surface area contributed by atoms with Gasteiger partial charge in [0, 0.05) is 22.6 Å². The molecule has 0 aliphatic rings. The number of rotatable bonds is 7. The predicted molar refractivity (Wildman–Crippen MR) is 117 cm³/mol. The molecule has 30 heavy (non-hydrogen) atoms. The average molecular weight is 453 g/mol. The quantitative estimate of drug-likeness (QED) is 0.615. The number of nitrogens with one attached hydrogen (secondary N) is 2. The molecule has 0 saturated heterocycles. The van der Waals surface area contributed by atoms with E-state index in [0.29, 0.717) is 21.1 Å². The highest BCUT2D eigenvalue weighted by Gasteiger charge is 2.23. The summed E-state index contributed by atoms with van der Waals surface area (Å²) in [6.07, 6.45) is -0.168. The molecule has 162 valence electrons. The number of hydrogen-bond donors (Lipinski definition) is 2. The predicted octanol–water partition coefficient (Wildman–Crippen LogP) is 3.97. The zero-order chi connectivity index (χ0) is 22.6. The lowest BCUT2D eigenvalue weighted by Gasteiger charge is -2.07. The first-order valence-corrected chi connectivity index (χ1v) is 10.7. The molecule has 2 heterocycles. The van der Waals surface area contributed by atoms with E-state index in [-0.39, 0.29) is 12.8 Å². The Labute approximate surface area is 182 Å². The van der Waals surface area contributed by atoms with Crippen molar-refractivity contribution in [3.05, 3.63) is 32.0 Å². The van der Waals surface area contributed by atoms with Gasteiger partial charge in [-0.15, -0.1) is 22.7 Å². The summed E-state index contributed by atoms with van der Waals surface area (Å²) in [5.74, 6) is -1.85. The van der Waals surface area contributed by atoms with Gasteiger partial charge in [0.1, 0.15) is 10.0 Å². The summed E-state index contributed by atoms with van der Waals surface area (Å²) in [7, 11) is 2.56. The Morgan fingerprint density at radius 3 is 1.33 bits per heavy atom. The van der Waals surface area contributed by atoms with Crippen LogP contribution in [0.15, 0.2) is 0 Å². The highest BCUT2D eigenvalue weighted by Crippen LogP contribution is 2.34. The minimum Gasteiger partial charge on any atom is -0.465 e. The Hall–Kier alpha value is -2.72. The summed E-state index contributed by atoms with van der Waals surface area (Å²) in [5, 5.41) is 6.18. The van der Waals surface area contributed by atoms with Gasteiger partial charge in [-0.2, -0.15) is 0 Å². The molecule has 0 radical (unpaired) electrons. The van der Waals surface area contributed by atoms with E-state index in [4.69, 9.17) is 9.47 Å². The molecule has 2 amide bonds. The number of aryl methyl sites for hydroxylation is 2. The van der Waals surface area contributed by atoms with Crippen LogP contribution in [-0.2, 0) is 19.1 Å². The smallest absolute Gasteiger partial charge is 0.341 e. The van der Waals surface area contributed by atoms with Crippen LogP contribution in [0, 0.1) is 27.7 Å². The highest BCUT2D eigenvalue weighted by atomic mass is 32.1. The first-order valence-electron chi connectivity index (χ1n) is 9.06. The van der Waals surface area contributed by atoms with E-state index in [0.717, 1.165) is 20.9 Å². The lowest BCUT2D eigenvalue weighted by Crippen LogP contribution is -2.18. The molecule has 8 nitrogen and oxygen atoms in total. The number of ether oxygens (including phenoxy) is 2. The molecule has 2 aromatic rings. The summed E-state index contributed by atoms with van der Waals surface area (Å²) >= 11 is 2.56. The van der Waals surface area contributed by atoms with Crippen LogP contribution in [0.4, 0.5) is 10.0 Å². The maximum atomic E-state index is 12.3. The topological polar surface area (TPSA) is 111 Å². The molecule has 2 rings (SSSR count). The zero-order valence-corrected chi connectivity index (χ0v) is 19.3. The van der Waals surface area contributed by atoms with Crippen LogP contribution in [0.1, 0.15) is 54.4 Å². The summed E-state index contributed by atoms with van der Waals surface area (Å²) < 4.78 is 9.57. The van der Waals surface area contributed by atoms with Crippen molar-refractivity contribution in [1.29, 1.82) is 0 Å². The summed E-state index contributed by atoms with van der Waals surface area (Å²) in [4.78, 5) is 50.4. The third-order valence-corrected chi connectivity index (χ3v) is 6.88. The minimum absolute atomic E-state index is 0.0840. The normalized spacial score (nSPS) is 10.5. The molecule has 0 atom stereocenters. The first-order chi connectivity index (χ1) is 14.1. The SMILES string of the molecule is COC(=O)c1c(NC(=O)CCC(=O)Nc2sc(C)c(C)c2C(=O)OC)sc(C)c1C. The van der Waals surface area contributed by atoms with Gasteiger partial charge in [0.25, 0.3) is 0 Å². The fraction of sp³-hybridized carbons (Fsp3) is 0.400. The number of anilines is 2. The number of methoxy groups -OCH3 is 2.